The molecule has 0 bridgehead atoms. The Bertz CT molecular complexity index is 975. The van der Waals surface area contributed by atoms with Gasteiger partial charge in [-0.2, -0.15) is 4.31 Å². The van der Waals surface area contributed by atoms with Gasteiger partial charge in [0.2, 0.25) is 15.9 Å². The fraction of sp³-hybridized carbons (Fsp3) is 0.375. The van der Waals surface area contributed by atoms with Gasteiger partial charge in [0, 0.05) is 25.7 Å². The standard InChI is InChI=1S/C24H30N2O4S/c1-30-22-11-6-21(7-12-22)16-17-25-24(27)15-10-20-8-13-23(14-9-20)31(28,29)26-18-4-2-3-5-19-26/h6-15H,2-5,16-19H2,1H3,(H,25,27)/b15-10+. The van der Waals surface area contributed by atoms with Crippen molar-refractivity contribution < 1.29 is 17.9 Å². The Morgan fingerprint density at radius 1 is 1.00 bits per heavy atom. The highest BCUT2D eigenvalue weighted by molar-refractivity contribution is 7.89. The molecular formula is C24H30N2O4S. The number of carbonyl (C=O) groups is 1. The Balaban J connectivity index is 1.50. The zero-order chi connectivity index (χ0) is 22.1. The summed E-state index contributed by atoms with van der Waals surface area (Å²) in [5.74, 6) is 0.621. The summed E-state index contributed by atoms with van der Waals surface area (Å²) in [6.07, 6.45) is 7.86. The van der Waals surface area contributed by atoms with Crippen molar-refractivity contribution in [3.8, 4) is 5.75 Å². The molecule has 0 radical (unpaired) electrons. The van der Waals surface area contributed by atoms with Crippen molar-refractivity contribution in [2.45, 2.75) is 37.0 Å². The van der Waals surface area contributed by atoms with Crippen LogP contribution in [0.25, 0.3) is 6.08 Å². The van der Waals surface area contributed by atoms with Crippen LogP contribution in [-0.2, 0) is 21.2 Å². The van der Waals surface area contributed by atoms with E-state index < -0.39 is 10.0 Å². The van der Waals surface area contributed by atoms with Gasteiger partial charge < -0.3 is 10.1 Å². The van der Waals surface area contributed by atoms with Gasteiger partial charge in [0.25, 0.3) is 0 Å². The van der Waals surface area contributed by atoms with Crippen LogP contribution in [-0.4, -0.2) is 45.4 Å². The number of amides is 1. The molecule has 31 heavy (non-hydrogen) atoms. The molecule has 1 aliphatic heterocycles. The number of rotatable bonds is 8. The van der Waals surface area contributed by atoms with Crippen LogP contribution in [0.15, 0.2) is 59.5 Å². The van der Waals surface area contributed by atoms with Crippen molar-refractivity contribution in [1.82, 2.24) is 9.62 Å². The Labute approximate surface area is 185 Å². The summed E-state index contributed by atoms with van der Waals surface area (Å²) in [7, 11) is -1.83. The average molecular weight is 443 g/mol. The van der Waals surface area contributed by atoms with E-state index >= 15 is 0 Å². The van der Waals surface area contributed by atoms with Crippen LogP contribution < -0.4 is 10.1 Å². The highest BCUT2D eigenvalue weighted by Gasteiger charge is 2.24. The van der Waals surface area contributed by atoms with Crippen LogP contribution in [0, 0.1) is 0 Å². The third-order valence-corrected chi connectivity index (χ3v) is 7.29. The lowest BCUT2D eigenvalue weighted by molar-refractivity contribution is -0.116. The third kappa shape index (κ3) is 6.67. The molecule has 1 N–H and O–H groups in total. The molecular weight excluding hydrogens is 412 g/mol. The van der Waals surface area contributed by atoms with Crippen LogP contribution >= 0.6 is 0 Å². The number of hydrogen-bond acceptors (Lipinski definition) is 4. The van der Waals surface area contributed by atoms with Crippen molar-refractivity contribution in [3.63, 3.8) is 0 Å². The summed E-state index contributed by atoms with van der Waals surface area (Å²) < 4.78 is 32.4. The summed E-state index contributed by atoms with van der Waals surface area (Å²) in [6.45, 7) is 1.70. The van der Waals surface area contributed by atoms with Crippen LogP contribution in [0.3, 0.4) is 0 Å². The molecule has 2 aromatic rings. The summed E-state index contributed by atoms with van der Waals surface area (Å²) in [6, 6.07) is 14.4. The first-order valence-electron chi connectivity index (χ1n) is 10.7. The van der Waals surface area contributed by atoms with Crippen molar-refractivity contribution in [2.24, 2.45) is 0 Å². The second kappa shape index (κ2) is 11.1. The highest BCUT2D eigenvalue weighted by Crippen LogP contribution is 2.21. The van der Waals surface area contributed by atoms with Gasteiger partial charge >= 0.3 is 0 Å². The van der Waals surface area contributed by atoms with Crippen molar-refractivity contribution in [1.29, 1.82) is 0 Å². The van der Waals surface area contributed by atoms with Crippen LogP contribution in [0.2, 0.25) is 0 Å². The fourth-order valence-electron chi connectivity index (χ4n) is 3.54. The van der Waals surface area contributed by atoms with Crippen LogP contribution in [0.5, 0.6) is 5.75 Å². The number of hydrogen-bond donors (Lipinski definition) is 1. The first-order chi connectivity index (χ1) is 15.0. The Morgan fingerprint density at radius 2 is 1.65 bits per heavy atom. The second-order valence-electron chi connectivity index (χ2n) is 7.61. The van der Waals surface area contributed by atoms with Gasteiger partial charge in [-0.3, -0.25) is 4.79 Å². The van der Waals surface area contributed by atoms with E-state index in [0.717, 1.165) is 49.0 Å². The molecule has 0 unspecified atom stereocenters. The van der Waals surface area contributed by atoms with Crippen LogP contribution in [0.4, 0.5) is 0 Å². The number of benzene rings is 2. The molecule has 1 saturated heterocycles. The molecule has 0 aromatic heterocycles. The first-order valence-corrected chi connectivity index (χ1v) is 12.1. The van der Waals surface area contributed by atoms with Gasteiger partial charge in [0.05, 0.1) is 12.0 Å². The molecule has 0 spiro atoms. The number of nitrogens with one attached hydrogen (secondary N) is 1. The molecule has 1 heterocycles. The Morgan fingerprint density at radius 3 is 2.26 bits per heavy atom. The molecule has 2 aromatic carbocycles. The number of nitrogens with zero attached hydrogens (tertiary/aromatic N) is 1. The molecule has 1 fully saturated rings. The number of methoxy groups -OCH3 is 1. The van der Waals surface area contributed by atoms with E-state index in [4.69, 9.17) is 4.74 Å². The van der Waals surface area contributed by atoms with E-state index in [2.05, 4.69) is 5.32 Å². The van der Waals surface area contributed by atoms with Gasteiger partial charge in [-0.1, -0.05) is 37.1 Å². The maximum absolute atomic E-state index is 12.8. The minimum absolute atomic E-state index is 0.185. The van der Waals surface area contributed by atoms with Gasteiger partial charge in [0.15, 0.2) is 0 Å². The van der Waals surface area contributed by atoms with Crippen LogP contribution in [0.1, 0.15) is 36.8 Å². The van der Waals surface area contributed by atoms with Gasteiger partial charge in [-0.15, -0.1) is 0 Å². The molecule has 0 aliphatic carbocycles. The number of carbonyl (C=O) groups excluding carboxylic acids is 1. The molecule has 1 amide bonds. The molecule has 3 rings (SSSR count). The second-order valence-corrected chi connectivity index (χ2v) is 9.55. The Hall–Kier alpha value is -2.64. The molecule has 0 saturated carbocycles. The minimum Gasteiger partial charge on any atom is -0.497 e. The van der Waals surface area contributed by atoms with E-state index in [1.54, 1.807) is 41.8 Å². The molecule has 0 atom stereocenters. The lowest BCUT2D eigenvalue weighted by atomic mass is 10.1. The largest absolute Gasteiger partial charge is 0.497 e. The number of ether oxygens (including phenoxy) is 1. The predicted molar refractivity (Wildman–Crippen MR) is 122 cm³/mol. The normalized spacial score (nSPS) is 15.5. The van der Waals surface area contributed by atoms with Crippen molar-refractivity contribution >= 4 is 22.0 Å². The molecule has 7 heteroatoms. The van der Waals surface area contributed by atoms with E-state index in [9.17, 15) is 13.2 Å². The van der Waals surface area contributed by atoms with Gasteiger partial charge in [-0.25, -0.2) is 8.42 Å². The maximum atomic E-state index is 12.8. The lowest BCUT2D eigenvalue weighted by Gasteiger charge is -2.19. The minimum atomic E-state index is -3.45. The Kier molecular flexibility index (Phi) is 8.26. The quantitative estimate of drug-likeness (QED) is 0.634. The van der Waals surface area contributed by atoms with E-state index in [1.165, 1.54) is 6.08 Å². The number of sulfonamides is 1. The van der Waals surface area contributed by atoms with Gasteiger partial charge in [0.1, 0.15) is 5.75 Å². The fourth-order valence-corrected chi connectivity index (χ4v) is 5.05. The summed E-state index contributed by atoms with van der Waals surface area (Å²) in [5.41, 5.74) is 1.89. The van der Waals surface area contributed by atoms with Gasteiger partial charge in [-0.05, 0) is 60.7 Å². The SMILES string of the molecule is COc1ccc(CCNC(=O)/C=C/c2ccc(S(=O)(=O)N3CCCCCC3)cc2)cc1. The van der Waals surface area contributed by atoms with E-state index in [-0.39, 0.29) is 5.91 Å². The maximum Gasteiger partial charge on any atom is 0.244 e. The van der Waals surface area contributed by atoms with E-state index in [0.29, 0.717) is 24.5 Å². The zero-order valence-electron chi connectivity index (χ0n) is 17.9. The summed E-state index contributed by atoms with van der Waals surface area (Å²) in [5, 5.41) is 2.86. The summed E-state index contributed by atoms with van der Waals surface area (Å²) >= 11 is 0. The summed E-state index contributed by atoms with van der Waals surface area (Å²) in [4.78, 5) is 12.4. The smallest absolute Gasteiger partial charge is 0.244 e. The zero-order valence-corrected chi connectivity index (χ0v) is 18.7. The van der Waals surface area contributed by atoms with E-state index in [1.807, 2.05) is 24.3 Å². The lowest BCUT2D eigenvalue weighted by Crippen LogP contribution is -2.31. The topological polar surface area (TPSA) is 75.7 Å². The first kappa shape index (κ1) is 23.0. The highest BCUT2D eigenvalue weighted by atomic mass is 32.2. The third-order valence-electron chi connectivity index (χ3n) is 5.38. The average Bonchev–Trinajstić information content (AvgIpc) is 3.09. The molecule has 166 valence electrons. The predicted octanol–water partition coefficient (Wildman–Crippen LogP) is 3.63. The molecule has 6 nitrogen and oxygen atoms in total. The molecule has 1 aliphatic rings. The monoisotopic (exact) mass is 442 g/mol. The van der Waals surface area contributed by atoms with Crippen molar-refractivity contribution in [2.75, 3.05) is 26.7 Å². The van der Waals surface area contributed by atoms with Crippen molar-refractivity contribution in [3.05, 3.63) is 65.7 Å².